The number of rotatable bonds is 7. The summed E-state index contributed by atoms with van der Waals surface area (Å²) in [5.41, 5.74) is 3.58. The van der Waals surface area contributed by atoms with E-state index in [4.69, 9.17) is 0 Å². The summed E-state index contributed by atoms with van der Waals surface area (Å²) in [6.45, 7) is -3.17. The number of aromatic nitrogens is 3. The van der Waals surface area contributed by atoms with Crippen molar-refractivity contribution in [2.75, 3.05) is 19.4 Å². The molecule has 2 aromatic carbocycles. The second-order valence-corrected chi connectivity index (χ2v) is 7.37. The van der Waals surface area contributed by atoms with Gasteiger partial charge in [-0.15, -0.1) is 0 Å². The minimum absolute atomic E-state index is 0.0717. The molecule has 170 valence electrons. The highest BCUT2D eigenvalue weighted by Gasteiger charge is 2.15. The Kier molecular flexibility index (Phi) is 6.18. The van der Waals surface area contributed by atoms with Gasteiger partial charge in [-0.05, 0) is 48.0 Å². The van der Waals surface area contributed by atoms with Crippen LogP contribution in [0.5, 0.6) is 5.75 Å². The molecule has 0 aliphatic heterocycles. The van der Waals surface area contributed by atoms with Crippen LogP contribution in [0.4, 0.5) is 20.3 Å². The van der Waals surface area contributed by atoms with E-state index in [-0.39, 0.29) is 18.3 Å². The topological polar surface area (TPSA) is 92.0 Å². The van der Waals surface area contributed by atoms with E-state index >= 15 is 0 Å². The molecule has 33 heavy (non-hydrogen) atoms. The summed E-state index contributed by atoms with van der Waals surface area (Å²) in [5.74, 6) is 0.341. The number of imidazole rings is 1. The molecule has 0 atom stereocenters. The second-order valence-electron chi connectivity index (χ2n) is 7.37. The first-order chi connectivity index (χ1) is 15.9. The molecule has 1 amide bonds. The molecule has 0 aliphatic rings. The molecule has 4 aromatic rings. The molecule has 2 aromatic heterocycles. The lowest BCUT2D eigenvalue weighted by atomic mass is 10.1. The van der Waals surface area contributed by atoms with Gasteiger partial charge < -0.3 is 20.1 Å². The molecule has 0 spiro atoms. The van der Waals surface area contributed by atoms with E-state index in [9.17, 15) is 18.7 Å². The van der Waals surface area contributed by atoms with E-state index in [2.05, 4.69) is 20.0 Å². The third-order valence-corrected chi connectivity index (χ3v) is 4.98. The lowest BCUT2D eigenvalue weighted by Crippen LogP contribution is -2.23. The number of nitrogens with one attached hydrogen (secondary N) is 1. The highest BCUT2D eigenvalue weighted by Crippen LogP contribution is 2.28. The zero-order chi connectivity index (χ0) is 23.5. The van der Waals surface area contributed by atoms with Gasteiger partial charge in [0.15, 0.2) is 11.5 Å². The number of aliphatic hydroxyl groups excluding tert-OH is 1. The van der Waals surface area contributed by atoms with Crippen molar-refractivity contribution in [2.45, 2.75) is 13.2 Å². The molecule has 0 aliphatic carbocycles. The van der Waals surface area contributed by atoms with E-state index < -0.39 is 6.61 Å². The normalized spacial score (nSPS) is 11.1. The quantitative estimate of drug-likeness (QED) is 0.441. The van der Waals surface area contributed by atoms with Crippen LogP contribution in [0.2, 0.25) is 0 Å². The average Bonchev–Trinajstić information content (AvgIpc) is 3.24. The van der Waals surface area contributed by atoms with E-state index in [1.807, 2.05) is 4.40 Å². The zero-order valence-corrected chi connectivity index (χ0v) is 17.9. The summed E-state index contributed by atoms with van der Waals surface area (Å²) >= 11 is 0. The number of carbonyl (C=O) groups excluding carboxylic acids is 1. The summed E-state index contributed by atoms with van der Waals surface area (Å²) < 4.78 is 31.0. The molecule has 0 saturated carbocycles. The number of fused-ring (bicyclic) bond motifs is 1. The Labute approximate surface area is 188 Å². The monoisotopic (exact) mass is 453 g/mol. The first-order valence-electron chi connectivity index (χ1n) is 9.97. The first kappa shape index (κ1) is 22.2. The number of aliphatic hydroxyl groups is 1. The number of hydrogen-bond donors (Lipinski definition) is 2. The van der Waals surface area contributed by atoms with E-state index in [0.29, 0.717) is 28.3 Å². The second kappa shape index (κ2) is 9.21. The highest BCUT2D eigenvalue weighted by atomic mass is 19.3. The SMILES string of the molecule is CN(C)C(=O)c1ccc(Nc2nccn3c(-c4ccc(OC(F)F)cc4)cnc23)cc1CO. The Morgan fingerprint density at radius 3 is 2.61 bits per heavy atom. The number of hydrogen-bond acceptors (Lipinski definition) is 6. The largest absolute Gasteiger partial charge is 0.435 e. The lowest BCUT2D eigenvalue weighted by molar-refractivity contribution is -0.0498. The summed E-state index contributed by atoms with van der Waals surface area (Å²) in [5, 5.41) is 12.9. The number of carbonyl (C=O) groups is 1. The van der Waals surface area contributed by atoms with Gasteiger partial charge in [-0.1, -0.05) is 0 Å². The molecule has 0 bridgehead atoms. The maximum absolute atomic E-state index is 12.4. The van der Waals surface area contributed by atoms with Gasteiger partial charge >= 0.3 is 6.61 Å². The minimum Gasteiger partial charge on any atom is -0.435 e. The van der Waals surface area contributed by atoms with Crippen LogP contribution < -0.4 is 10.1 Å². The number of benzene rings is 2. The molecular formula is C23H21F2N5O3. The van der Waals surface area contributed by atoms with Gasteiger partial charge in [-0.25, -0.2) is 9.97 Å². The third kappa shape index (κ3) is 4.60. The maximum Gasteiger partial charge on any atom is 0.387 e. The van der Waals surface area contributed by atoms with Crippen LogP contribution in [0.3, 0.4) is 0 Å². The Morgan fingerprint density at radius 1 is 1.18 bits per heavy atom. The molecule has 2 N–H and O–H groups in total. The zero-order valence-electron chi connectivity index (χ0n) is 17.9. The molecule has 0 saturated heterocycles. The summed E-state index contributed by atoms with van der Waals surface area (Å²) in [7, 11) is 3.30. The Balaban J connectivity index is 1.64. The van der Waals surface area contributed by atoms with Gasteiger partial charge in [0.2, 0.25) is 0 Å². The van der Waals surface area contributed by atoms with Gasteiger partial charge in [-0.2, -0.15) is 8.78 Å². The molecule has 0 fully saturated rings. The first-order valence-corrected chi connectivity index (χ1v) is 9.97. The number of amides is 1. The van der Waals surface area contributed by atoms with Crippen LogP contribution in [0.1, 0.15) is 15.9 Å². The standard InChI is InChI=1S/C23H21F2N5O3/c1-29(2)22(32)18-8-5-16(11-15(18)13-31)28-20-21-27-12-19(30(21)10-9-26-20)14-3-6-17(7-4-14)33-23(24)25/h3-12,23,31H,13H2,1-2H3,(H,26,28). The fourth-order valence-electron chi connectivity index (χ4n) is 3.42. The van der Waals surface area contributed by atoms with Crippen LogP contribution in [-0.2, 0) is 6.61 Å². The molecule has 4 rings (SSSR count). The van der Waals surface area contributed by atoms with Crippen molar-refractivity contribution in [1.82, 2.24) is 19.3 Å². The smallest absolute Gasteiger partial charge is 0.387 e. The maximum atomic E-state index is 12.4. The van der Waals surface area contributed by atoms with Crippen molar-refractivity contribution >= 4 is 23.1 Å². The van der Waals surface area contributed by atoms with Gasteiger partial charge in [0.1, 0.15) is 5.75 Å². The highest BCUT2D eigenvalue weighted by molar-refractivity contribution is 5.96. The summed E-state index contributed by atoms with van der Waals surface area (Å²) in [4.78, 5) is 22.6. The Hall–Kier alpha value is -4.05. The fraction of sp³-hybridized carbons (Fsp3) is 0.174. The molecule has 0 radical (unpaired) electrons. The van der Waals surface area contributed by atoms with Crippen molar-refractivity contribution < 1.29 is 23.4 Å². The van der Waals surface area contributed by atoms with Crippen LogP contribution in [0.15, 0.2) is 61.1 Å². The van der Waals surface area contributed by atoms with Crippen molar-refractivity contribution in [2.24, 2.45) is 0 Å². The predicted octanol–water partition coefficient (Wildman–Crippen LogP) is 3.94. The number of halogens is 2. The molecular weight excluding hydrogens is 432 g/mol. The molecule has 2 heterocycles. The minimum atomic E-state index is -2.88. The van der Waals surface area contributed by atoms with Crippen molar-refractivity contribution in [3.63, 3.8) is 0 Å². The van der Waals surface area contributed by atoms with E-state index in [1.165, 1.54) is 17.0 Å². The van der Waals surface area contributed by atoms with Crippen molar-refractivity contribution in [3.05, 3.63) is 72.2 Å². The van der Waals surface area contributed by atoms with Crippen LogP contribution in [-0.4, -0.2) is 51.0 Å². The van der Waals surface area contributed by atoms with Gasteiger partial charge in [0, 0.05) is 43.3 Å². The van der Waals surface area contributed by atoms with Crippen LogP contribution in [0.25, 0.3) is 16.9 Å². The van der Waals surface area contributed by atoms with Gasteiger partial charge in [0.05, 0.1) is 18.5 Å². The van der Waals surface area contributed by atoms with Gasteiger partial charge in [0.25, 0.3) is 5.91 Å². The van der Waals surface area contributed by atoms with Crippen molar-refractivity contribution in [3.8, 4) is 17.0 Å². The summed E-state index contributed by atoms with van der Waals surface area (Å²) in [6, 6.07) is 11.3. The average molecular weight is 453 g/mol. The van der Waals surface area contributed by atoms with Crippen molar-refractivity contribution in [1.29, 1.82) is 0 Å². The molecule has 8 nitrogen and oxygen atoms in total. The van der Waals surface area contributed by atoms with Gasteiger partial charge in [-0.3, -0.25) is 9.20 Å². The van der Waals surface area contributed by atoms with E-state index in [1.54, 1.807) is 63.0 Å². The Bertz CT molecular complexity index is 1290. The fourth-order valence-corrected chi connectivity index (χ4v) is 3.42. The predicted molar refractivity (Wildman–Crippen MR) is 119 cm³/mol. The number of ether oxygens (including phenoxy) is 1. The lowest BCUT2D eigenvalue weighted by Gasteiger charge is -2.15. The number of alkyl halides is 2. The van der Waals surface area contributed by atoms with Crippen LogP contribution >= 0.6 is 0 Å². The van der Waals surface area contributed by atoms with Crippen LogP contribution in [0, 0.1) is 0 Å². The number of nitrogens with zero attached hydrogens (tertiary/aromatic N) is 4. The molecule has 10 heteroatoms. The summed E-state index contributed by atoms with van der Waals surface area (Å²) in [6.07, 6.45) is 5.00. The van der Waals surface area contributed by atoms with E-state index in [0.717, 1.165) is 11.3 Å². The third-order valence-electron chi connectivity index (χ3n) is 4.98. The number of anilines is 2. The molecule has 0 unspecified atom stereocenters. The Morgan fingerprint density at radius 2 is 1.94 bits per heavy atom.